The van der Waals surface area contributed by atoms with Gasteiger partial charge in [0.1, 0.15) is 0 Å². The summed E-state index contributed by atoms with van der Waals surface area (Å²) in [7, 11) is 0. The van der Waals surface area contributed by atoms with E-state index in [1.54, 1.807) is 19.1 Å². The highest BCUT2D eigenvalue weighted by atomic mass is 16.5. The molecule has 25 heavy (non-hydrogen) atoms. The zero-order chi connectivity index (χ0) is 18.1. The van der Waals surface area contributed by atoms with Crippen molar-refractivity contribution < 1.29 is 18.8 Å². The van der Waals surface area contributed by atoms with E-state index in [2.05, 4.69) is 15.1 Å². The molecule has 0 radical (unpaired) electrons. The number of fused-ring (bicyclic) bond motifs is 1. The smallest absolute Gasteiger partial charge is 0.340 e. The predicted molar refractivity (Wildman–Crippen MR) is 90.8 cm³/mol. The Kier molecular flexibility index (Phi) is 4.39. The fourth-order valence-electron chi connectivity index (χ4n) is 2.68. The number of rotatable bonds is 5. The predicted octanol–water partition coefficient (Wildman–Crippen LogP) is 3.33. The summed E-state index contributed by atoms with van der Waals surface area (Å²) < 4.78 is 10.3. The number of H-pyrrole nitrogens is 1. The van der Waals surface area contributed by atoms with Crippen LogP contribution < -0.4 is 0 Å². The standard InChI is InChI=1S/C18H19N3O4/c1-9(2)16-14-6-12(7-19-17(14)25-21-16)18(23)24-8-15(22)13-5-10(3)20-11(13)4/h5-7,9,20H,8H2,1-4H3. The second-order valence-corrected chi connectivity index (χ2v) is 6.29. The van der Waals surface area contributed by atoms with Crippen molar-refractivity contribution >= 4 is 22.9 Å². The molecule has 0 aromatic carbocycles. The summed E-state index contributed by atoms with van der Waals surface area (Å²) in [6.07, 6.45) is 1.36. The number of ketones is 1. The van der Waals surface area contributed by atoms with E-state index in [0.29, 0.717) is 16.7 Å². The second kappa shape index (κ2) is 6.51. The summed E-state index contributed by atoms with van der Waals surface area (Å²) in [5.41, 5.74) is 3.52. The first-order valence-corrected chi connectivity index (χ1v) is 7.98. The van der Waals surface area contributed by atoms with Gasteiger partial charge in [0, 0.05) is 23.1 Å². The molecule has 3 rings (SSSR count). The molecule has 7 heteroatoms. The van der Waals surface area contributed by atoms with Gasteiger partial charge in [-0.05, 0) is 31.9 Å². The molecule has 0 spiro atoms. The lowest BCUT2D eigenvalue weighted by molar-refractivity contribution is 0.0474. The van der Waals surface area contributed by atoms with Crippen LogP contribution in [0.3, 0.4) is 0 Å². The van der Waals surface area contributed by atoms with E-state index in [0.717, 1.165) is 17.1 Å². The highest BCUT2D eigenvalue weighted by molar-refractivity contribution is 6.00. The Morgan fingerprint density at radius 2 is 2.04 bits per heavy atom. The van der Waals surface area contributed by atoms with E-state index in [-0.39, 0.29) is 23.9 Å². The summed E-state index contributed by atoms with van der Waals surface area (Å²) in [6.45, 7) is 7.29. The van der Waals surface area contributed by atoms with Crippen LogP contribution in [-0.4, -0.2) is 33.5 Å². The number of Topliss-reactive ketones (excluding diaryl/α,β-unsaturated/α-hetero) is 1. The van der Waals surface area contributed by atoms with Gasteiger partial charge in [-0.15, -0.1) is 0 Å². The first kappa shape index (κ1) is 16.9. The molecule has 0 aliphatic carbocycles. The minimum absolute atomic E-state index is 0.135. The molecule has 0 saturated heterocycles. The highest BCUT2D eigenvalue weighted by Crippen LogP contribution is 2.24. The lowest BCUT2D eigenvalue weighted by Crippen LogP contribution is -2.14. The molecule has 0 bridgehead atoms. The number of carbonyl (C=O) groups excluding carboxylic acids is 2. The van der Waals surface area contributed by atoms with E-state index in [1.807, 2.05) is 20.8 Å². The van der Waals surface area contributed by atoms with Gasteiger partial charge in [-0.25, -0.2) is 9.78 Å². The number of esters is 1. The van der Waals surface area contributed by atoms with Gasteiger partial charge < -0.3 is 14.2 Å². The van der Waals surface area contributed by atoms with Crippen LogP contribution in [0.4, 0.5) is 0 Å². The van der Waals surface area contributed by atoms with Crippen LogP contribution in [0, 0.1) is 13.8 Å². The van der Waals surface area contributed by atoms with Crippen molar-refractivity contribution in [2.75, 3.05) is 6.61 Å². The minimum Gasteiger partial charge on any atom is -0.454 e. The molecule has 0 saturated carbocycles. The van der Waals surface area contributed by atoms with Gasteiger partial charge in [0.2, 0.25) is 5.78 Å². The Morgan fingerprint density at radius 3 is 2.68 bits per heavy atom. The van der Waals surface area contributed by atoms with E-state index in [9.17, 15) is 9.59 Å². The van der Waals surface area contributed by atoms with Crippen molar-refractivity contribution in [1.29, 1.82) is 0 Å². The maximum atomic E-state index is 12.2. The Bertz CT molecular complexity index is 953. The largest absolute Gasteiger partial charge is 0.454 e. The zero-order valence-electron chi connectivity index (χ0n) is 14.5. The third-order valence-electron chi connectivity index (χ3n) is 3.92. The van der Waals surface area contributed by atoms with Gasteiger partial charge in [0.25, 0.3) is 5.71 Å². The fourth-order valence-corrected chi connectivity index (χ4v) is 2.68. The van der Waals surface area contributed by atoms with Crippen molar-refractivity contribution in [3.05, 3.63) is 46.5 Å². The maximum absolute atomic E-state index is 12.2. The Morgan fingerprint density at radius 1 is 1.28 bits per heavy atom. The normalized spacial score (nSPS) is 11.2. The SMILES string of the molecule is Cc1cc(C(=O)COC(=O)c2cnc3onc(C(C)C)c3c2)c(C)[nH]1. The van der Waals surface area contributed by atoms with Crippen molar-refractivity contribution in [1.82, 2.24) is 15.1 Å². The number of hydrogen-bond donors (Lipinski definition) is 1. The quantitative estimate of drug-likeness (QED) is 0.564. The van der Waals surface area contributed by atoms with Crippen molar-refractivity contribution in [3.8, 4) is 0 Å². The first-order valence-electron chi connectivity index (χ1n) is 7.98. The average molecular weight is 341 g/mol. The Balaban J connectivity index is 1.75. The molecule has 0 aliphatic rings. The Labute approximate surface area is 144 Å². The number of nitrogens with one attached hydrogen (secondary N) is 1. The van der Waals surface area contributed by atoms with E-state index < -0.39 is 5.97 Å². The molecule has 3 aromatic rings. The number of hydrogen-bond acceptors (Lipinski definition) is 6. The topological polar surface area (TPSA) is 98.1 Å². The van der Waals surface area contributed by atoms with Crippen LogP contribution in [0.2, 0.25) is 0 Å². The summed E-state index contributed by atoms with van der Waals surface area (Å²) in [5, 5.41) is 4.65. The molecule has 1 N–H and O–H groups in total. The van der Waals surface area contributed by atoms with Gasteiger partial charge in [-0.1, -0.05) is 19.0 Å². The van der Waals surface area contributed by atoms with Crippen molar-refractivity contribution in [2.24, 2.45) is 0 Å². The summed E-state index contributed by atoms with van der Waals surface area (Å²) >= 11 is 0. The van der Waals surface area contributed by atoms with Crippen LogP contribution in [0.25, 0.3) is 11.1 Å². The number of aromatic amines is 1. The zero-order valence-corrected chi connectivity index (χ0v) is 14.5. The number of aryl methyl sites for hydroxylation is 2. The average Bonchev–Trinajstić information content (AvgIpc) is 3.14. The third kappa shape index (κ3) is 3.31. The number of aromatic nitrogens is 3. The van der Waals surface area contributed by atoms with Gasteiger partial charge >= 0.3 is 5.97 Å². The number of carbonyl (C=O) groups is 2. The van der Waals surface area contributed by atoms with Gasteiger partial charge in [-0.3, -0.25) is 4.79 Å². The molecule has 0 unspecified atom stereocenters. The fraction of sp³-hybridized carbons (Fsp3) is 0.333. The minimum atomic E-state index is -0.608. The van der Waals surface area contributed by atoms with Crippen LogP contribution >= 0.6 is 0 Å². The molecule has 0 amide bonds. The molecule has 7 nitrogen and oxygen atoms in total. The molecule has 0 aliphatic heterocycles. The Hall–Kier alpha value is -2.96. The molecule has 3 aromatic heterocycles. The van der Waals surface area contributed by atoms with Crippen LogP contribution in [0.5, 0.6) is 0 Å². The second-order valence-electron chi connectivity index (χ2n) is 6.29. The lowest BCUT2D eigenvalue weighted by Gasteiger charge is -2.04. The molecular formula is C18H19N3O4. The summed E-state index contributed by atoms with van der Waals surface area (Å²) in [5.74, 6) is -0.726. The molecular weight excluding hydrogens is 322 g/mol. The van der Waals surface area contributed by atoms with E-state index >= 15 is 0 Å². The van der Waals surface area contributed by atoms with Crippen LogP contribution in [0.15, 0.2) is 22.9 Å². The highest BCUT2D eigenvalue weighted by Gasteiger charge is 2.18. The summed E-state index contributed by atoms with van der Waals surface area (Å²) in [4.78, 5) is 31.6. The number of nitrogens with zero attached hydrogens (tertiary/aromatic N) is 2. The lowest BCUT2D eigenvalue weighted by atomic mass is 10.1. The monoisotopic (exact) mass is 341 g/mol. The van der Waals surface area contributed by atoms with Gasteiger partial charge in [-0.2, -0.15) is 0 Å². The molecule has 3 heterocycles. The first-order chi connectivity index (χ1) is 11.9. The van der Waals surface area contributed by atoms with Gasteiger partial charge in [0.15, 0.2) is 6.61 Å². The van der Waals surface area contributed by atoms with Crippen molar-refractivity contribution in [2.45, 2.75) is 33.6 Å². The maximum Gasteiger partial charge on any atom is 0.340 e. The number of ether oxygens (including phenoxy) is 1. The third-order valence-corrected chi connectivity index (χ3v) is 3.92. The summed E-state index contributed by atoms with van der Waals surface area (Å²) in [6, 6.07) is 3.37. The van der Waals surface area contributed by atoms with Gasteiger partial charge in [0.05, 0.1) is 16.6 Å². The van der Waals surface area contributed by atoms with Crippen molar-refractivity contribution in [3.63, 3.8) is 0 Å². The van der Waals surface area contributed by atoms with E-state index in [4.69, 9.17) is 9.26 Å². The van der Waals surface area contributed by atoms with E-state index in [1.165, 1.54) is 6.20 Å². The molecule has 0 fully saturated rings. The molecule has 0 atom stereocenters. The van der Waals surface area contributed by atoms with Crippen LogP contribution in [-0.2, 0) is 4.74 Å². The van der Waals surface area contributed by atoms with Crippen LogP contribution in [0.1, 0.15) is 57.6 Å². The number of pyridine rings is 1. The molecule has 130 valence electrons.